The lowest BCUT2D eigenvalue weighted by molar-refractivity contribution is -0.141. The van der Waals surface area contributed by atoms with Crippen LogP contribution in [0.15, 0.2) is 11.6 Å². The molecule has 1 saturated heterocycles. The van der Waals surface area contributed by atoms with Gasteiger partial charge in [0.05, 0.1) is 18.7 Å². The van der Waals surface area contributed by atoms with Crippen LogP contribution >= 0.6 is 0 Å². The average molecular weight is 424 g/mol. The SMILES string of the molecule is CCOC(=O)/C(C)=C/[C@H](C(C)C)N(C)C(=O)[C@@H](NC(=O)C1CCCN1C)C(C)(C)C. The summed E-state index contributed by atoms with van der Waals surface area (Å²) in [7, 11) is 3.67. The van der Waals surface area contributed by atoms with Crippen LogP contribution in [0.2, 0.25) is 0 Å². The minimum atomic E-state index is -0.665. The summed E-state index contributed by atoms with van der Waals surface area (Å²) >= 11 is 0. The van der Waals surface area contributed by atoms with Crippen LogP contribution in [0, 0.1) is 11.3 Å². The molecule has 7 heteroatoms. The van der Waals surface area contributed by atoms with Gasteiger partial charge in [-0.2, -0.15) is 0 Å². The van der Waals surface area contributed by atoms with Crippen molar-refractivity contribution in [2.75, 3.05) is 27.2 Å². The summed E-state index contributed by atoms with van der Waals surface area (Å²) in [6.45, 7) is 14.5. The van der Waals surface area contributed by atoms with Crippen LogP contribution in [0.3, 0.4) is 0 Å². The molecule has 0 radical (unpaired) electrons. The van der Waals surface area contributed by atoms with Crippen molar-refractivity contribution in [3.8, 4) is 0 Å². The van der Waals surface area contributed by atoms with Crippen molar-refractivity contribution in [1.82, 2.24) is 15.1 Å². The van der Waals surface area contributed by atoms with Gasteiger partial charge in [0.2, 0.25) is 11.8 Å². The standard InChI is InChI=1S/C23H41N3O4/c1-10-30-22(29)16(4)14-18(15(2)3)26(9)21(28)19(23(5,6)7)24-20(27)17-12-11-13-25(17)8/h14-15,17-19H,10-13H2,1-9H3,(H,24,27)/b16-14+/t17?,18-,19-/m1/s1. The van der Waals surface area contributed by atoms with Gasteiger partial charge in [0, 0.05) is 12.6 Å². The highest BCUT2D eigenvalue weighted by molar-refractivity contribution is 5.91. The summed E-state index contributed by atoms with van der Waals surface area (Å²) in [6, 6.07) is -1.15. The number of amides is 2. The number of esters is 1. The van der Waals surface area contributed by atoms with E-state index in [1.54, 1.807) is 31.9 Å². The Bertz CT molecular complexity index is 651. The van der Waals surface area contributed by atoms with Gasteiger partial charge >= 0.3 is 5.97 Å². The molecule has 1 aliphatic heterocycles. The minimum Gasteiger partial charge on any atom is -0.463 e. The Morgan fingerprint density at radius 2 is 1.87 bits per heavy atom. The number of likely N-dealkylation sites (N-methyl/N-ethyl adjacent to an activating group) is 2. The van der Waals surface area contributed by atoms with E-state index in [0.29, 0.717) is 12.2 Å². The molecule has 0 aromatic carbocycles. The second-order valence-electron chi connectivity index (χ2n) is 9.70. The van der Waals surface area contributed by atoms with Crippen LogP contribution in [0.5, 0.6) is 0 Å². The highest BCUT2D eigenvalue weighted by Crippen LogP contribution is 2.25. The predicted octanol–water partition coefficient (Wildman–Crippen LogP) is 2.60. The third-order valence-corrected chi connectivity index (χ3v) is 5.72. The number of carbonyl (C=O) groups is 3. The number of carbonyl (C=O) groups excluding carboxylic acids is 3. The Kier molecular flexibility index (Phi) is 9.53. The van der Waals surface area contributed by atoms with E-state index in [1.165, 1.54) is 0 Å². The predicted molar refractivity (Wildman–Crippen MR) is 119 cm³/mol. The van der Waals surface area contributed by atoms with Gasteiger partial charge in [-0.1, -0.05) is 40.7 Å². The third-order valence-electron chi connectivity index (χ3n) is 5.72. The van der Waals surface area contributed by atoms with E-state index >= 15 is 0 Å². The molecule has 1 unspecified atom stereocenters. The first-order chi connectivity index (χ1) is 13.8. The monoisotopic (exact) mass is 423 g/mol. The second-order valence-corrected chi connectivity index (χ2v) is 9.70. The van der Waals surface area contributed by atoms with Crippen molar-refractivity contribution < 1.29 is 19.1 Å². The number of hydrogen-bond donors (Lipinski definition) is 1. The van der Waals surface area contributed by atoms with Crippen molar-refractivity contribution in [1.29, 1.82) is 0 Å². The molecule has 1 rings (SSSR count). The number of ether oxygens (including phenoxy) is 1. The zero-order valence-electron chi connectivity index (χ0n) is 20.2. The van der Waals surface area contributed by atoms with Crippen LogP contribution in [-0.4, -0.2) is 73.0 Å². The number of nitrogens with zero attached hydrogens (tertiary/aromatic N) is 2. The normalized spacial score (nSPS) is 20.1. The van der Waals surface area contributed by atoms with E-state index in [-0.39, 0.29) is 35.8 Å². The summed E-state index contributed by atoms with van der Waals surface area (Å²) in [6.07, 6.45) is 3.57. The smallest absolute Gasteiger partial charge is 0.333 e. The van der Waals surface area contributed by atoms with Gasteiger partial charge in [-0.15, -0.1) is 0 Å². The molecule has 1 aliphatic rings. The summed E-state index contributed by atoms with van der Waals surface area (Å²) in [5.74, 6) is -0.561. The Balaban J connectivity index is 3.09. The van der Waals surface area contributed by atoms with E-state index in [4.69, 9.17) is 4.74 Å². The summed E-state index contributed by atoms with van der Waals surface area (Å²) in [4.78, 5) is 42.1. The lowest BCUT2D eigenvalue weighted by atomic mass is 9.85. The Labute approximate surface area is 182 Å². The molecule has 1 fully saturated rings. The van der Waals surface area contributed by atoms with Gasteiger partial charge in [0.1, 0.15) is 6.04 Å². The van der Waals surface area contributed by atoms with E-state index in [1.807, 2.05) is 46.6 Å². The van der Waals surface area contributed by atoms with Crippen LogP contribution in [0.25, 0.3) is 0 Å². The minimum absolute atomic E-state index is 0.0839. The quantitative estimate of drug-likeness (QED) is 0.480. The highest BCUT2D eigenvalue weighted by Gasteiger charge is 2.39. The number of rotatable bonds is 8. The Morgan fingerprint density at radius 3 is 2.30 bits per heavy atom. The van der Waals surface area contributed by atoms with Gasteiger partial charge in [-0.05, 0) is 51.6 Å². The topological polar surface area (TPSA) is 79.0 Å². The van der Waals surface area contributed by atoms with E-state index in [2.05, 4.69) is 5.32 Å². The summed E-state index contributed by atoms with van der Waals surface area (Å²) in [5.41, 5.74) is 0.0127. The van der Waals surface area contributed by atoms with Gasteiger partial charge in [0.25, 0.3) is 0 Å². The zero-order valence-corrected chi connectivity index (χ0v) is 20.2. The fourth-order valence-electron chi connectivity index (χ4n) is 3.80. The summed E-state index contributed by atoms with van der Waals surface area (Å²) in [5, 5.41) is 3.02. The molecule has 0 aromatic heterocycles. The van der Waals surface area contributed by atoms with Crippen molar-refractivity contribution in [3.05, 3.63) is 11.6 Å². The summed E-state index contributed by atoms with van der Waals surface area (Å²) < 4.78 is 5.07. The molecule has 3 atom stereocenters. The lowest BCUT2D eigenvalue weighted by Crippen LogP contribution is -2.58. The molecule has 0 aliphatic carbocycles. The van der Waals surface area contributed by atoms with Crippen LogP contribution < -0.4 is 5.32 Å². The second kappa shape index (κ2) is 10.9. The first-order valence-corrected chi connectivity index (χ1v) is 10.9. The molecule has 1 N–H and O–H groups in total. The van der Waals surface area contributed by atoms with Gasteiger partial charge in [-0.3, -0.25) is 14.5 Å². The largest absolute Gasteiger partial charge is 0.463 e. The van der Waals surface area contributed by atoms with Crippen molar-refractivity contribution in [2.24, 2.45) is 11.3 Å². The van der Waals surface area contributed by atoms with Crippen molar-refractivity contribution in [3.63, 3.8) is 0 Å². The molecule has 30 heavy (non-hydrogen) atoms. The molecule has 2 amide bonds. The first kappa shape index (κ1) is 26.1. The molecule has 7 nitrogen and oxygen atoms in total. The maximum absolute atomic E-state index is 13.5. The van der Waals surface area contributed by atoms with Crippen molar-refractivity contribution in [2.45, 2.75) is 79.4 Å². The number of hydrogen-bond acceptors (Lipinski definition) is 5. The molecular formula is C23H41N3O4. The molecule has 0 aromatic rings. The molecule has 1 heterocycles. The highest BCUT2D eigenvalue weighted by atomic mass is 16.5. The maximum atomic E-state index is 13.5. The van der Waals surface area contributed by atoms with E-state index in [9.17, 15) is 14.4 Å². The molecular weight excluding hydrogens is 382 g/mol. The number of likely N-dealkylation sites (tertiary alicyclic amines) is 1. The van der Waals surface area contributed by atoms with E-state index < -0.39 is 11.5 Å². The lowest BCUT2D eigenvalue weighted by Gasteiger charge is -2.38. The molecule has 0 spiro atoms. The molecule has 172 valence electrons. The van der Waals surface area contributed by atoms with Gasteiger partial charge in [0.15, 0.2) is 0 Å². The van der Waals surface area contributed by atoms with Gasteiger partial charge in [-0.25, -0.2) is 4.79 Å². The van der Waals surface area contributed by atoms with Crippen LogP contribution in [-0.2, 0) is 19.1 Å². The Hall–Kier alpha value is -1.89. The Morgan fingerprint density at radius 1 is 1.27 bits per heavy atom. The van der Waals surface area contributed by atoms with Gasteiger partial charge < -0.3 is 15.0 Å². The average Bonchev–Trinajstić information content (AvgIpc) is 3.07. The van der Waals surface area contributed by atoms with Crippen molar-refractivity contribution >= 4 is 17.8 Å². The maximum Gasteiger partial charge on any atom is 0.333 e. The first-order valence-electron chi connectivity index (χ1n) is 10.9. The fourth-order valence-corrected chi connectivity index (χ4v) is 3.80. The number of nitrogens with one attached hydrogen (secondary N) is 1. The zero-order chi connectivity index (χ0) is 23.2. The molecule has 0 bridgehead atoms. The van der Waals surface area contributed by atoms with Crippen LogP contribution in [0.4, 0.5) is 0 Å². The van der Waals surface area contributed by atoms with E-state index in [0.717, 1.165) is 19.4 Å². The third kappa shape index (κ3) is 6.83. The molecule has 0 saturated carbocycles. The fraction of sp³-hybridized carbons (Fsp3) is 0.783. The van der Waals surface area contributed by atoms with Crippen LogP contribution in [0.1, 0.15) is 61.3 Å².